The maximum atomic E-state index is 12.5. The molecule has 0 spiro atoms. The van der Waals surface area contributed by atoms with Crippen LogP contribution in [-0.4, -0.2) is 17.0 Å². The lowest BCUT2D eigenvalue weighted by molar-refractivity contribution is -0.388. The van der Waals surface area contributed by atoms with Crippen LogP contribution in [0.15, 0.2) is 12.3 Å². The number of hydrogen-bond donors (Lipinski definition) is 0. The van der Waals surface area contributed by atoms with Gasteiger partial charge in [-0.1, -0.05) is 0 Å². The van der Waals surface area contributed by atoms with Crippen molar-refractivity contribution in [1.29, 1.82) is 0 Å². The summed E-state index contributed by atoms with van der Waals surface area (Å²) >= 11 is 0. The topological polar surface area (TPSA) is 65.3 Å². The highest BCUT2D eigenvalue weighted by Gasteiger charge is 2.15. The summed E-state index contributed by atoms with van der Waals surface area (Å²) in [5.74, 6) is -0.955. The third-order valence-electron chi connectivity index (χ3n) is 1.23. The van der Waals surface area contributed by atoms with Crippen molar-refractivity contribution in [3.63, 3.8) is 0 Å². The molecule has 0 aliphatic rings. The van der Waals surface area contributed by atoms with E-state index in [0.29, 0.717) is 0 Å². The molecule has 64 valence electrons. The summed E-state index contributed by atoms with van der Waals surface area (Å²) in [4.78, 5) is 12.4. The van der Waals surface area contributed by atoms with Crippen LogP contribution in [0.4, 0.5) is 10.1 Å². The van der Waals surface area contributed by atoms with E-state index in [1.807, 2.05) is 0 Å². The van der Waals surface area contributed by atoms with Crippen LogP contribution in [0.25, 0.3) is 0 Å². The molecule has 0 aliphatic heterocycles. The maximum Gasteiger partial charge on any atom is 0.327 e. The van der Waals surface area contributed by atoms with E-state index < -0.39 is 16.6 Å². The molecule has 0 radical (unpaired) electrons. The Hall–Kier alpha value is -1.72. The van der Waals surface area contributed by atoms with Crippen LogP contribution in [0, 0.1) is 16.1 Å². The second-order valence-electron chi connectivity index (χ2n) is 1.94. The van der Waals surface area contributed by atoms with E-state index in [-0.39, 0.29) is 5.75 Å². The fraction of sp³-hybridized carbons (Fsp3) is 0.167. The van der Waals surface area contributed by atoms with E-state index in [2.05, 4.69) is 9.72 Å². The van der Waals surface area contributed by atoms with Gasteiger partial charge in [0.25, 0.3) is 5.95 Å². The smallest absolute Gasteiger partial charge is 0.327 e. The van der Waals surface area contributed by atoms with Gasteiger partial charge in [0.05, 0.1) is 24.3 Å². The summed E-state index contributed by atoms with van der Waals surface area (Å²) in [5.41, 5.74) is -0.686. The van der Waals surface area contributed by atoms with Crippen molar-refractivity contribution in [2.24, 2.45) is 0 Å². The molecule has 0 aliphatic carbocycles. The van der Waals surface area contributed by atoms with Crippen molar-refractivity contribution in [3.05, 3.63) is 28.3 Å². The van der Waals surface area contributed by atoms with E-state index >= 15 is 0 Å². The van der Waals surface area contributed by atoms with Gasteiger partial charge in [-0.2, -0.15) is 4.39 Å². The molecule has 1 aromatic heterocycles. The summed E-state index contributed by atoms with van der Waals surface area (Å²) in [6.07, 6.45) is 1.07. The first-order valence-corrected chi connectivity index (χ1v) is 2.99. The molecule has 0 amide bonds. The lowest BCUT2D eigenvalue weighted by Gasteiger charge is -1.97. The predicted octanol–water partition coefficient (Wildman–Crippen LogP) is 1.14. The zero-order valence-corrected chi connectivity index (χ0v) is 6.15. The zero-order valence-electron chi connectivity index (χ0n) is 6.15. The van der Waals surface area contributed by atoms with Gasteiger partial charge >= 0.3 is 5.69 Å². The lowest BCUT2D eigenvalue weighted by atomic mass is 10.4. The van der Waals surface area contributed by atoms with Gasteiger partial charge < -0.3 is 4.74 Å². The molecular weight excluding hydrogens is 167 g/mol. The Labute approximate surface area is 66.9 Å². The van der Waals surface area contributed by atoms with Gasteiger partial charge in [0.1, 0.15) is 5.75 Å². The van der Waals surface area contributed by atoms with Crippen molar-refractivity contribution in [2.45, 2.75) is 0 Å². The first-order valence-electron chi connectivity index (χ1n) is 2.99. The first kappa shape index (κ1) is 8.38. The van der Waals surface area contributed by atoms with Crippen molar-refractivity contribution in [2.75, 3.05) is 7.11 Å². The molecule has 0 unspecified atom stereocenters. The summed E-state index contributed by atoms with van der Waals surface area (Å²) in [6, 6.07) is 0.975. The van der Waals surface area contributed by atoms with E-state index in [1.54, 1.807) is 0 Å². The quantitative estimate of drug-likeness (QED) is 0.381. The average Bonchev–Trinajstić information content (AvgIpc) is 2.05. The Morgan fingerprint density at radius 1 is 1.75 bits per heavy atom. The highest BCUT2D eigenvalue weighted by atomic mass is 19.1. The van der Waals surface area contributed by atoms with Gasteiger partial charge in [-0.25, -0.2) is 4.98 Å². The second-order valence-corrected chi connectivity index (χ2v) is 1.94. The Balaban J connectivity index is 3.17. The monoisotopic (exact) mass is 172 g/mol. The highest BCUT2D eigenvalue weighted by Crippen LogP contribution is 2.20. The minimum Gasteiger partial charge on any atom is -0.495 e. The van der Waals surface area contributed by atoms with Crippen LogP contribution in [-0.2, 0) is 0 Å². The third-order valence-corrected chi connectivity index (χ3v) is 1.23. The summed E-state index contributed by atoms with van der Waals surface area (Å²) in [7, 11) is 1.32. The van der Waals surface area contributed by atoms with Crippen LogP contribution in [0.2, 0.25) is 0 Å². The molecule has 0 bridgehead atoms. The van der Waals surface area contributed by atoms with Gasteiger partial charge in [-0.05, 0) is 0 Å². The number of pyridine rings is 1. The van der Waals surface area contributed by atoms with Crippen LogP contribution < -0.4 is 4.74 Å². The number of nitrogens with zero attached hydrogens (tertiary/aromatic N) is 2. The first-order chi connectivity index (χ1) is 5.65. The normalized spacial score (nSPS) is 9.50. The van der Waals surface area contributed by atoms with E-state index in [1.165, 1.54) is 7.11 Å². The van der Waals surface area contributed by atoms with Gasteiger partial charge in [-0.15, -0.1) is 0 Å². The maximum absolute atomic E-state index is 12.5. The van der Waals surface area contributed by atoms with Crippen LogP contribution in [0.5, 0.6) is 5.75 Å². The Morgan fingerprint density at radius 3 is 2.92 bits per heavy atom. The Morgan fingerprint density at radius 2 is 2.42 bits per heavy atom. The second kappa shape index (κ2) is 3.12. The zero-order chi connectivity index (χ0) is 9.14. The largest absolute Gasteiger partial charge is 0.495 e. The highest BCUT2D eigenvalue weighted by molar-refractivity contribution is 5.34. The molecule has 0 N–H and O–H groups in total. The molecule has 1 aromatic rings. The standard InChI is InChI=1S/C6H5FN2O3/c1-12-4-2-5(9(10)11)6(7)8-3-4/h2-3H,1H3. The molecule has 1 heterocycles. The van der Waals surface area contributed by atoms with E-state index in [0.717, 1.165) is 12.3 Å². The summed E-state index contributed by atoms with van der Waals surface area (Å²) < 4.78 is 17.2. The minimum absolute atomic E-state index is 0.156. The SMILES string of the molecule is COc1cnc(F)c([N+](=O)[O-])c1. The molecule has 0 saturated carbocycles. The molecule has 0 atom stereocenters. The Kier molecular flexibility index (Phi) is 2.18. The van der Waals surface area contributed by atoms with Crippen molar-refractivity contribution in [3.8, 4) is 5.75 Å². The number of ether oxygens (including phenoxy) is 1. The fourth-order valence-electron chi connectivity index (χ4n) is 0.658. The molecular formula is C6H5FN2O3. The summed E-state index contributed by atoms with van der Waals surface area (Å²) in [5, 5.41) is 10.2. The number of methoxy groups -OCH3 is 1. The number of aromatic nitrogens is 1. The van der Waals surface area contributed by atoms with Gasteiger partial charge in [0.15, 0.2) is 0 Å². The van der Waals surface area contributed by atoms with Crippen molar-refractivity contribution < 1.29 is 14.1 Å². The van der Waals surface area contributed by atoms with E-state index in [4.69, 9.17) is 0 Å². The predicted molar refractivity (Wildman–Crippen MR) is 37.4 cm³/mol. The fourth-order valence-corrected chi connectivity index (χ4v) is 0.658. The van der Waals surface area contributed by atoms with Crippen LogP contribution in [0.3, 0.4) is 0 Å². The summed E-state index contributed by atoms with van der Waals surface area (Å²) in [6.45, 7) is 0. The third kappa shape index (κ3) is 1.47. The van der Waals surface area contributed by atoms with Crippen molar-refractivity contribution in [1.82, 2.24) is 4.98 Å². The van der Waals surface area contributed by atoms with Crippen molar-refractivity contribution >= 4 is 5.69 Å². The number of halogens is 1. The van der Waals surface area contributed by atoms with Crippen LogP contribution in [0.1, 0.15) is 0 Å². The van der Waals surface area contributed by atoms with Gasteiger partial charge in [0, 0.05) is 0 Å². The van der Waals surface area contributed by atoms with Gasteiger partial charge in [0.2, 0.25) is 0 Å². The lowest BCUT2D eigenvalue weighted by Crippen LogP contribution is -1.96. The molecule has 12 heavy (non-hydrogen) atoms. The number of rotatable bonds is 2. The molecule has 0 saturated heterocycles. The minimum atomic E-state index is -1.11. The molecule has 1 rings (SSSR count). The molecule has 6 heteroatoms. The molecule has 5 nitrogen and oxygen atoms in total. The van der Waals surface area contributed by atoms with Crippen LogP contribution >= 0.6 is 0 Å². The average molecular weight is 172 g/mol. The number of hydrogen-bond acceptors (Lipinski definition) is 4. The number of nitro groups is 1. The van der Waals surface area contributed by atoms with Gasteiger partial charge in [-0.3, -0.25) is 10.1 Å². The Bertz CT molecular complexity index is 316. The molecule has 0 aromatic carbocycles. The molecule has 0 fully saturated rings. The van der Waals surface area contributed by atoms with E-state index in [9.17, 15) is 14.5 Å².